The van der Waals surface area contributed by atoms with E-state index >= 15 is 0 Å². The minimum absolute atomic E-state index is 0.127. The van der Waals surface area contributed by atoms with Gasteiger partial charge in [0, 0.05) is 13.1 Å². The monoisotopic (exact) mass is 393 g/mol. The summed E-state index contributed by atoms with van der Waals surface area (Å²) in [6.07, 6.45) is 8.07. The highest BCUT2D eigenvalue weighted by atomic mass is 16.6. The number of anilines is 2. The second-order valence-corrected chi connectivity index (χ2v) is 7.16. The maximum Gasteiger partial charge on any atom is 0.323 e. The molecule has 0 saturated carbocycles. The van der Waals surface area contributed by atoms with Crippen molar-refractivity contribution in [3.8, 4) is 0 Å². The molecule has 0 unspecified atom stereocenters. The average molecular weight is 393 g/mol. The minimum Gasteiger partial charge on any atom is -0.383 e. The van der Waals surface area contributed by atoms with Gasteiger partial charge in [0.1, 0.15) is 5.69 Å². The summed E-state index contributed by atoms with van der Waals surface area (Å²) in [4.78, 5) is 11.3. The van der Waals surface area contributed by atoms with Crippen LogP contribution < -0.4 is 10.6 Å². The second kappa shape index (κ2) is 8.72. The highest BCUT2D eigenvalue weighted by Gasteiger charge is 2.25. The zero-order chi connectivity index (χ0) is 20.1. The molecule has 0 bridgehead atoms. The third kappa shape index (κ3) is 4.37. The summed E-state index contributed by atoms with van der Waals surface area (Å²) < 4.78 is 4.83. The molecule has 8 nitrogen and oxygen atoms in total. The van der Waals surface area contributed by atoms with Crippen molar-refractivity contribution in [3.05, 3.63) is 63.7 Å². The van der Waals surface area contributed by atoms with Crippen LogP contribution in [0.25, 0.3) is 11.0 Å². The Bertz CT molecular complexity index is 1030. The summed E-state index contributed by atoms with van der Waals surface area (Å²) in [5.41, 5.74) is 3.95. The molecule has 8 heteroatoms. The van der Waals surface area contributed by atoms with Crippen LogP contribution in [0, 0.1) is 10.1 Å². The molecular weight excluding hydrogens is 370 g/mol. The molecule has 2 N–H and O–H groups in total. The van der Waals surface area contributed by atoms with Crippen molar-refractivity contribution in [3.63, 3.8) is 0 Å². The Kier molecular flexibility index (Phi) is 5.69. The molecule has 150 valence electrons. The van der Waals surface area contributed by atoms with Crippen molar-refractivity contribution in [2.45, 2.75) is 38.6 Å². The highest BCUT2D eigenvalue weighted by molar-refractivity contribution is 5.99. The van der Waals surface area contributed by atoms with Crippen LogP contribution in [0.4, 0.5) is 17.1 Å². The lowest BCUT2D eigenvalue weighted by Gasteiger charge is -2.14. The molecule has 0 atom stereocenters. The Hall–Kier alpha value is -3.42. The van der Waals surface area contributed by atoms with E-state index in [9.17, 15) is 10.1 Å². The van der Waals surface area contributed by atoms with Crippen LogP contribution in [-0.2, 0) is 6.54 Å². The summed E-state index contributed by atoms with van der Waals surface area (Å²) in [5.74, 6) is 0. The number of nitrogens with zero attached hydrogens (tertiary/aromatic N) is 3. The van der Waals surface area contributed by atoms with E-state index in [-0.39, 0.29) is 11.2 Å². The van der Waals surface area contributed by atoms with E-state index in [1.807, 2.05) is 30.3 Å². The second-order valence-electron chi connectivity index (χ2n) is 7.16. The largest absolute Gasteiger partial charge is 0.383 e. The topological polar surface area (TPSA) is 106 Å². The Morgan fingerprint density at radius 2 is 1.90 bits per heavy atom. The molecule has 1 heterocycles. The molecule has 0 radical (unpaired) electrons. The normalized spacial score (nSPS) is 13.9. The van der Waals surface area contributed by atoms with Crippen LogP contribution in [0.2, 0.25) is 0 Å². The number of aromatic nitrogens is 2. The Labute approximate surface area is 168 Å². The maximum atomic E-state index is 11.7. The van der Waals surface area contributed by atoms with Crippen molar-refractivity contribution < 1.29 is 9.55 Å². The van der Waals surface area contributed by atoms with Gasteiger partial charge in [0.15, 0.2) is 5.52 Å². The first kappa shape index (κ1) is 18.9. The van der Waals surface area contributed by atoms with Crippen molar-refractivity contribution >= 4 is 28.1 Å². The number of benzene rings is 2. The van der Waals surface area contributed by atoms with Gasteiger partial charge in [0.2, 0.25) is 5.52 Å². The van der Waals surface area contributed by atoms with Crippen molar-refractivity contribution in [1.29, 1.82) is 0 Å². The first-order valence-electron chi connectivity index (χ1n) is 9.85. The predicted octanol–water partition coefficient (Wildman–Crippen LogP) is 5.05. The fourth-order valence-corrected chi connectivity index (χ4v) is 3.67. The molecule has 0 aliphatic heterocycles. The van der Waals surface area contributed by atoms with Crippen LogP contribution in [-0.4, -0.2) is 21.8 Å². The van der Waals surface area contributed by atoms with E-state index in [4.69, 9.17) is 4.63 Å². The molecule has 4 rings (SSSR count). The lowest BCUT2D eigenvalue weighted by atomic mass is 9.97. The SMILES string of the molecule is O=[N+]([O-])c1c(NCc2ccccc2)cc(NCCC2=CCCCC2)c2nonc12. The summed E-state index contributed by atoms with van der Waals surface area (Å²) in [6, 6.07) is 11.5. The van der Waals surface area contributed by atoms with Gasteiger partial charge in [0.25, 0.3) is 0 Å². The number of fused-ring (bicyclic) bond motifs is 1. The number of hydrogen-bond acceptors (Lipinski definition) is 7. The van der Waals surface area contributed by atoms with Crippen LogP contribution in [0.3, 0.4) is 0 Å². The standard InChI is InChI=1S/C21H23N5O3/c27-26(28)21-18(23-14-16-9-5-2-6-10-16)13-17(19-20(21)25-29-24-19)22-12-11-15-7-3-1-4-8-15/h2,5-7,9-10,13,22-23H,1,3-4,8,11-12,14H2. The summed E-state index contributed by atoms with van der Waals surface area (Å²) in [5, 5.41) is 25.9. The first-order valence-corrected chi connectivity index (χ1v) is 9.85. The Morgan fingerprint density at radius 1 is 1.07 bits per heavy atom. The van der Waals surface area contributed by atoms with E-state index in [0.717, 1.165) is 31.4 Å². The molecule has 2 aromatic carbocycles. The maximum absolute atomic E-state index is 11.7. The number of nitro benzene ring substituents is 1. The van der Waals surface area contributed by atoms with Gasteiger partial charge >= 0.3 is 5.69 Å². The lowest BCUT2D eigenvalue weighted by molar-refractivity contribution is -0.382. The van der Waals surface area contributed by atoms with Gasteiger partial charge in [-0.15, -0.1) is 0 Å². The number of nitro groups is 1. The van der Waals surface area contributed by atoms with E-state index < -0.39 is 4.92 Å². The summed E-state index contributed by atoms with van der Waals surface area (Å²) >= 11 is 0. The van der Waals surface area contributed by atoms with E-state index in [2.05, 4.69) is 27.0 Å². The minimum atomic E-state index is -0.448. The Balaban J connectivity index is 1.58. The Morgan fingerprint density at radius 3 is 2.66 bits per heavy atom. The molecule has 3 aromatic rings. The number of allylic oxidation sites excluding steroid dienone is 1. The molecular formula is C21H23N5O3. The van der Waals surface area contributed by atoms with Gasteiger partial charge in [-0.25, -0.2) is 4.63 Å². The third-order valence-electron chi connectivity index (χ3n) is 5.17. The van der Waals surface area contributed by atoms with Crippen LogP contribution in [0.15, 0.2) is 52.7 Å². The molecule has 0 spiro atoms. The fraction of sp³-hybridized carbons (Fsp3) is 0.333. The lowest BCUT2D eigenvalue weighted by Crippen LogP contribution is -2.08. The van der Waals surface area contributed by atoms with Gasteiger partial charge in [-0.1, -0.05) is 42.0 Å². The van der Waals surface area contributed by atoms with E-state index in [0.29, 0.717) is 23.4 Å². The highest BCUT2D eigenvalue weighted by Crippen LogP contribution is 2.37. The van der Waals surface area contributed by atoms with Crippen LogP contribution in [0.1, 0.15) is 37.7 Å². The number of hydrogen-bond donors (Lipinski definition) is 2. The average Bonchev–Trinajstić information content (AvgIpc) is 3.23. The molecule has 1 aliphatic carbocycles. The van der Waals surface area contributed by atoms with Gasteiger partial charge in [-0.3, -0.25) is 10.1 Å². The van der Waals surface area contributed by atoms with E-state index in [1.165, 1.54) is 18.4 Å². The summed E-state index contributed by atoms with van der Waals surface area (Å²) in [6.45, 7) is 1.19. The van der Waals surface area contributed by atoms with Crippen LogP contribution >= 0.6 is 0 Å². The first-order chi connectivity index (χ1) is 14.2. The van der Waals surface area contributed by atoms with Crippen molar-refractivity contribution in [2.24, 2.45) is 0 Å². The van der Waals surface area contributed by atoms with Crippen molar-refractivity contribution in [2.75, 3.05) is 17.2 Å². The van der Waals surface area contributed by atoms with Gasteiger partial charge < -0.3 is 10.6 Å². The quantitative estimate of drug-likeness (QED) is 0.313. The smallest absolute Gasteiger partial charge is 0.323 e. The molecule has 0 amide bonds. The fourth-order valence-electron chi connectivity index (χ4n) is 3.67. The predicted molar refractivity (Wildman–Crippen MR) is 112 cm³/mol. The number of nitrogens with one attached hydrogen (secondary N) is 2. The summed E-state index contributed by atoms with van der Waals surface area (Å²) in [7, 11) is 0. The molecule has 1 aliphatic rings. The van der Waals surface area contributed by atoms with Crippen LogP contribution in [0.5, 0.6) is 0 Å². The van der Waals surface area contributed by atoms with Crippen molar-refractivity contribution in [1.82, 2.24) is 10.3 Å². The van der Waals surface area contributed by atoms with E-state index in [1.54, 1.807) is 6.07 Å². The van der Waals surface area contributed by atoms with Gasteiger partial charge in [-0.2, -0.15) is 0 Å². The third-order valence-corrected chi connectivity index (χ3v) is 5.17. The molecule has 29 heavy (non-hydrogen) atoms. The zero-order valence-electron chi connectivity index (χ0n) is 16.1. The molecule has 0 fully saturated rings. The van der Waals surface area contributed by atoms with Gasteiger partial charge in [0.05, 0.1) is 10.6 Å². The molecule has 1 aromatic heterocycles. The zero-order valence-corrected chi connectivity index (χ0v) is 16.1. The van der Waals surface area contributed by atoms with Gasteiger partial charge in [-0.05, 0) is 54.0 Å². The number of rotatable bonds is 8. The molecule has 0 saturated heterocycles.